The molecule has 1 aliphatic rings. The fourth-order valence-corrected chi connectivity index (χ4v) is 4.20. The molecule has 34 heavy (non-hydrogen) atoms. The van der Waals surface area contributed by atoms with Crippen LogP contribution in [0, 0.1) is 11.6 Å². The molecule has 1 aromatic heterocycles. The molecule has 0 saturated heterocycles. The number of halogens is 3. The highest BCUT2D eigenvalue weighted by Gasteiger charge is 2.35. The summed E-state index contributed by atoms with van der Waals surface area (Å²) in [7, 11) is 0. The van der Waals surface area contributed by atoms with E-state index in [4.69, 9.17) is 16.3 Å². The third-order valence-electron chi connectivity index (χ3n) is 5.71. The molecule has 2 aromatic carbocycles. The molecule has 1 aliphatic heterocycles. The van der Waals surface area contributed by atoms with Crippen LogP contribution in [0.4, 0.5) is 14.5 Å². The van der Waals surface area contributed by atoms with E-state index in [0.29, 0.717) is 6.42 Å². The number of anilines is 1. The highest BCUT2D eigenvalue weighted by molar-refractivity contribution is 6.34. The first-order valence-electron chi connectivity index (χ1n) is 10.7. The van der Waals surface area contributed by atoms with Gasteiger partial charge in [-0.1, -0.05) is 17.7 Å². The van der Waals surface area contributed by atoms with Gasteiger partial charge in [-0.2, -0.15) is 4.68 Å². The van der Waals surface area contributed by atoms with Crippen molar-refractivity contribution in [3.63, 3.8) is 0 Å². The van der Waals surface area contributed by atoms with Gasteiger partial charge in [-0.05, 0) is 51.8 Å². The van der Waals surface area contributed by atoms with E-state index in [0.717, 1.165) is 16.8 Å². The van der Waals surface area contributed by atoms with Gasteiger partial charge in [0.2, 0.25) is 0 Å². The molecule has 8 nitrogen and oxygen atoms in total. The van der Waals surface area contributed by atoms with E-state index in [-0.39, 0.29) is 52.1 Å². The van der Waals surface area contributed by atoms with Gasteiger partial charge in [0.1, 0.15) is 35.3 Å². The summed E-state index contributed by atoms with van der Waals surface area (Å²) in [5, 5.41) is 16.0. The Hall–Kier alpha value is -3.24. The SMILES string of the molecule is CCn1c(CO)nn(-c2c(F)cc(C(=O)Nc3c(F)cccc3Cl)c3c2CCC(C)(C)O3)c1=O. The van der Waals surface area contributed by atoms with Gasteiger partial charge < -0.3 is 15.2 Å². The Morgan fingerprint density at radius 3 is 2.68 bits per heavy atom. The Labute approximate surface area is 198 Å². The maximum atomic E-state index is 15.5. The second-order valence-corrected chi connectivity index (χ2v) is 8.89. The van der Waals surface area contributed by atoms with E-state index in [9.17, 15) is 19.1 Å². The fraction of sp³-hybridized carbons (Fsp3) is 0.348. The number of aromatic nitrogens is 3. The molecule has 0 atom stereocenters. The largest absolute Gasteiger partial charge is 0.487 e. The van der Waals surface area contributed by atoms with E-state index < -0.39 is 35.4 Å². The molecule has 1 amide bonds. The predicted octanol–water partition coefficient (Wildman–Crippen LogP) is 3.83. The second kappa shape index (κ2) is 8.84. The summed E-state index contributed by atoms with van der Waals surface area (Å²) in [5.74, 6) is -2.32. The van der Waals surface area contributed by atoms with Gasteiger partial charge in [-0.25, -0.2) is 13.6 Å². The van der Waals surface area contributed by atoms with Gasteiger partial charge in [0.15, 0.2) is 5.82 Å². The van der Waals surface area contributed by atoms with Crippen LogP contribution < -0.4 is 15.7 Å². The minimum atomic E-state index is -0.890. The van der Waals surface area contributed by atoms with E-state index >= 15 is 4.39 Å². The summed E-state index contributed by atoms with van der Waals surface area (Å²) in [5.41, 5.74) is -1.61. The molecular weight excluding hydrogens is 470 g/mol. The number of nitrogens with one attached hydrogen (secondary N) is 1. The van der Waals surface area contributed by atoms with Crippen LogP contribution in [0.3, 0.4) is 0 Å². The normalized spacial score (nSPS) is 14.4. The predicted molar refractivity (Wildman–Crippen MR) is 122 cm³/mol. The van der Waals surface area contributed by atoms with E-state index in [2.05, 4.69) is 10.4 Å². The number of aliphatic hydroxyl groups is 1. The number of carbonyl (C=O) groups excluding carboxylic acids is 1. The van der Waals surface area contributed by atoms with Gasteiger partial charge in [0.05, 0.1) is 16.3 Å². The smallest absolute Gasteiger partial charge is 0.350 e. The van der Waals surface area contributed by atoms with Crippen LogP contribution in [-0.4, -0.2) is 31.0 Å². The quantitative estimate of drug-likeness (QED) is 0.564. The first-order valence-corrected chi connectivity index (χ1v) is 11.1. The Morgan fingerprint density at radius 2 is 2.06 bits per heavy atom. The summed E-state index contributed by atoms with van der Waals surface area (Å²) in [6.45, 7) is 5.05. The average Bonchev–Trinajstić information content (AvgIpc) is 3.10. The van der Waals surface area contributed by atoms with Crippen molar-refractivity contribution in [3.8, 4) is 11.4 Å². The average molecular weight is 493 g/mol. The lowest BCUT2D eigenvalue weighted by Crippen LogP contribution is -2.35. The fourth-order valence-electron chi connectivity index (χ4n) is 3.99. The van der Waals surface area contributed by atoms with Gasteiger partial charge >= 0.3 is 5.69 Å². The number of para-hydroxylation sites is 1. The molecular formula is C23H23ClF2N4O4. The molecule has 0 saturated carbocycles. The molecule has 3 aromatic rings. The molecule has 4 rings (SSSR count). The minimum Gasteiger partial charge on any atom is -0.487 e. The van der Waals surface area contributed by atoms with Crippen LogP contribution in [-0.2, 0) is 19.6 Å². The van der Waals surface area contributed by atoms with Gasteiger partial charge in [0, 0.05) is 12.1 Å². The Kier molecular flexibility index (Phi) is 6.22. The van der Waals surface area contributed by atoms with E-state index in [1.807, 2.05) is 13.8 Å². The first kappa shape index (κ1) is 23.9. The molecule has 0 spiro atoms. The number of ether oxygens (including phenoxy) is 1. The van der Waals surface area contributed by atoms with Crippen molar-refractivity contribution in [2.24, 2.45) is 0 Å². The first-order chi connectivity index (χ1) is 16.1. The van der Waals surface area contributed by atoms with Crippen LogP contribution in [0.2, 0.25) is 5.02 Å². The zero-order valence-electron chi connectivity index (χ0n) is 18.8. The molecule has 2 heterocycles. The zero-order valence-corrected chi connectivity index (χ0v) is 19.5. The number of hydrogen-bond donors (Lipinski definition) is 2. The molecule has 0 aliphatic carbocycles. The van der Waals surface area contributed by atoms with Gasteiger partial charge in [0.25, 0.3) is 5.91 Å². The Balaban J connectivity index is 1.90. The Bertz CT molecular complexity index is 1330. The number of fused-ring (bicyclic) bond motifs is 1. The zero-order chi connectivity index (χ0) is 24.8. The minimum absolute atomic E-state index is 0.0197. The number of carbonyl (C=O) groups is 1. The topological polar surface area (TPSA) is 98.4 Å². The highest BCUT2D eigenvalue weighted by atomic mass is 35.5. The lowest BCUT2D eigenvalue weighted by atomic mass is 9.91. The maximum absolute atomic E-state index is 15.5. The molecule has 0 radical (unpaired) electrons. The summed E-state index contributed by atoms with van der Waals surface area (Å²) >= 11 is 6.02. The molecule has 2 N–H and O–H groups in total. The van der Waals surface area contributed by atoms with Crippen LogP contribution in [0.1, 0.15) is 48.9 Å². The van der Waals surface area contributed by atoms with Gasteiger partial charge in [-0.3, -0.25) is 9.36 Å². The monoisotopic (exact) mass is 492 g/mol. The molecule has 0 unspecified atom stereocenters. The highest BCUT2D eigenvalue weighted by Crippen LogP contribution is 2.41. The maximum Gasteiger partial charge on any atom is 0.350 e. The van der Waals surface area contributed by atoms with Crippen LogP contribution in [0.25, 0.3) is 5.69 Å². The van der Waals surface area contributed by atoms with Crippen molar-refractivity contribution in [2.75, 3.05) is 5.32 Å². The second-order valence-electron chi connectivity index (χ2n) is 8.49. The van der Waals surface area contributed by atoms with Crippen molar-refractivity contribution in [1.82, 2.24) is 14.3 Å². The summed E-state index contributed by atoms with van der Waals surface area (Å²) in [6, 6.07) is 4.86. The van der Waals surface area contributed by atoms with Crippen molar-refractivity contribution in [1.29, 1.82) is 0 Å². The number of benzene rings is 2. The van der Waals surface area contributed by atoms with Crippen molar-refractivity contribution in [2.45, 2.75) is 52.4 Å². The summed E-state index contributed by atoms with van der Waals surface area (Å²) in [4.78, 5) is 26.0. The van der Waals surface area contributed by atoms with E-state index in [1.165, 1.54) is 16.7 Å². The molecule has 11 heteroatoms. The number of amides is 1. The molecule has 0 bridgehead atoms. The molecule has 0 fully saturated rings. The summed E-state index contributed by atoms with van der Waals surface area (Å²) < 4.78 is 37.9. The lowest BCUT2D eigenvalue weighted by Gasteiger charge is -2.34. The number of hydrogen-bond acceptors (Lipinski definition) is 5. The third-order valence-corrected chi connectivity index (χ3v) is 6.03. The van der Waals surface area contributed by atoms with Crippen LogP contribution in [0.5, 0.6) is 5.75 Å². The third kappa shape index (κ3) is 4.07. The summed E-state index contributed by atoms with van der Waals surface area (Å²) in [6.07, 6.45) is 0.767. The number of nitrogens with zero attached hydrogens (tertiary/aromatic N) is 3. The lowest BCUT2D eigenvalue weighted by molar-refractivity contribution is 0.0807. The van der Waals surface area contributed by atoms with Crippen molar-refractivity contribution in [3.05, 3.63) is 68.4 Å². The molecule has 180 valence electrons. The van der Waals surface area contributed by atoms with Crippen LogP contribution in [0.15, 0.2) is 29.1 Å². The van der Waals surface area contributed by atoms with Crippen molar-refractivity contribution < 1.29 is 23.4 Å². The van der Waals surface area contributed by atoms with Crippen molar-refractivity contribution >= 4 is 23.2 Å². The van der Waals surface area contributed by atoms with E-state index in [1.54, 1.807) is 6.92 Å². The number of aliphatic hydroxyl groups excluding tert-OH is 1. The number of rotatable bonds is 5. The van der Waals surface area contributed by atoms with Crippen LogP contribution >= 0.6 is 11.6 Å². The Morgan fingerprint density at radius 1 is 1.32 bits per heavy atom. The standard InChI is InChI=1S/C23H23ClF2N4O4/c1-4-29-17(11-31)28-30(22(29)33)19-12-8-9-23(2,3)34-20(12)13(10-16(19)26)21(32)27-18-14(24)6-5-7-15(18)25/h5-7,10,31H,4,8-9,11H2,1-3H3,(H,27,32). The van der Waals surface area contributed by atoms with Gasteiger partial charge in [-0.15, -0.1) is 5.10 Å².